The summed E-state index contributed by atoms with van der Waals surface area (Å²) >= 11 is 0. The molecule has 2 aliphatic heterocycles. The number of aliphatic hydroxyl groups is 1. The summed E-state index contributed by atoms with van der Waals surface area (Å²) in [6, 6.07) is 0. The van der Waals surface area contributed by atoms with Crippen LogP contribution in [-0.4, -0.2) is 23.3 Å². The molecule has 2 heterocycles. The molecule has 0 saturated carbocycles. The normalized spacial score (nSPS) is 37.3. The standard InChI is InChI=1S/C20H28O3/c1-13-7-5-8-14(2)17-15(11-10-13)16-9-6-12-20(3,4)23-19(16)22-18(17)21/h6-7,9,12,15,17-19,21H,2,5,8,10-11H2,1,3-4H3. The van der Waals surface area contributed by atoms with Crippen LogP contribution in [0, 0.1) is 11.8 Å². The van der Waals surface area contributed by atoms with Crippen molar-refractivity contribution in [3.05, 3.63) is 47.6 Å². The molecule has 4 unspecified atom stereocenters. The largest absolute Gasteiger partial charge is 0.367 e. The van der Waals surface area contributed by atoms with Crippen molar-refractivity contribution in [1.29, 1.82) is 0 Å². The van der Waals surface area contributed by atoms with Gasteiger partial charge in [-0.15, -0.1) is 0 Å². The van der Waals surface area contributed by atoms with Crippen LogP contribution in [0.4, 0.5) is 0 Å². The van der Waals surface area contributed by atoms with Gasteiger partial charge in [0.25, 0.3) is 0 Å². The van der Waals surface area contributed by atoms with Gasteiger partial charge in [-0.1, -0.05) is 42.0 Å². The molecule has 1 fully saturated rings. The molecule has 0 aromatic heterocycles. The van der Waals surface area contributed by atoms with E-state index in [1.165, 1.54) is 5.57 Å². The highest BCUT2D eigenvalue weighted by Crippen LogP contribution is 2.44. The molecule has 0 aromatic carbocycles. The summed E-state index contributed by atoms with van der Waals surface area (Å²) in [6.45, 7) is 10.5. The third-order valence-electron chi connectivity index (χ3n) is 5.18. The smallest absolute Gasteiger partial charge is 0.184 e. The van der Waals surface area contributed by atoms with Crippen LogP contribution in [0.1, 0.15) is 46.5 Å². The first-order valence-corrected chi connectivity index (χ1v) is 8.61. The van der Waals surface area contributed by atoms with Crippen molar-refractivity contribution in [2.45, 2.75) is 64.6 Å². The van der Waals surface area contributed by atoms with Crippen molar-refractivity contribution in [1.82, 2.24) is 0 Å². The molecule has 1 N–H and O–H groups in total. The molecule has 0 radical (unpaired) electrons. The van der Waals surface area contributed by atoms with Gasteiger partial charge in [0.15, 0.2) is 12.6 Å². The topological polar surface area (TPSA) is 38.7 Å². The van der Waals surface area contributed by atoms with Gasteiger partial charge in [-0.05, 0) is 57.9 Å². The van der Waals surface area contributed by atoms with E-state index in [0.717, 1.165) is 36.8 Å². The van der Waals surface area contributed by atoms with Crippen LogP contribution in [0.15, 0.2) is 47.6 Å². The van der Waals surface area contributed by atoms with Gasteiger partial charge >= 0.3 is 0 Å². The molecule has 4 atom stereocenters. The van der Waals surface area contributed by atoms with E-state index in [1.807, 2.05) is 19.9 Å². The van der Waals surface area contributed by atoms with Gasteiger partial charge in [0, 0.05) is 5.92 Å². The minimum Gasteiger partial charge on any atom is -0.367 e. The van der Waals surface area contributed by atoms with E-state index in [4.69, 9.17) is 9.47 Å². The number of fused-ring (bicyclic) bond motifs is 3. The Morgan fingerprint density at radius 1 is 1.30 bits per heavy atom. The maximum Gasteiger partial charge on any atom is 0.184 e. The predicted molar refractivity (Wildman–Crippen MR) is 91.6 cm³/mol. The Morgan fingerprint density at radius 3 is 2.87 bits per heavy atom. The zero-order valence-corrected chi connectivity index (χ0v) is 14.4. The van der Waals surface area contributed by atoms with Gasteiger partial charge < -0.3 is 14.6 Å². The van der Waals surface area contributed by atoms with E-state index < -0.39 is 18.2 Å². The average molecular weight is 316 g/mol. The Hall–Kier alpha value is -1.16. The second-order valence-electron chi connectivity index (χ2n) is 7.52. The number of hydrogen-bond donors (Lipinski definition) is 1. The summed E-state index contributed by atoms with van der Waals surface area (Å²) in [5, 5.41) is 10.6. The van der Waals surface area contributed by atoms with E-state index >= 15 is 0 Å². The number of ether oxygens (including phenoxy) is 2. The molecule has 1 aliphatic carbocycles. The number of rotatable bonds is 0. The highest BCUT2D eigenvalue weighted by molar-refractivity contribution is 5.28. The monoisotopic (exact) mass is 316 g/mol. The second-order valence-corrected chi connectivity index (χ2v) is 7.52. The van der Waals surface area contributed by atoms with Gasteiger partial charge in [-0.25, -0.2) is 0 Å². The molecule has 23 heavy (non-hydrogen) atoms. The summed E-state index contributed by atoms with van der Waals surface area (Å²) in [7, 11) is 0. The first kappa shape index (κ1) is 16.7. The van der Waals surface area contributed by atoms with Crippen LogP contribution in [-0.2, 0) is 9.47 Å². The van der Waals surface area contributed by atoms with Gasteiger partial charge in [-0.3, -0.25) is 0 Å². The Labute approximate surface area is 139 Å². The van der Waals surface area contributed by atoms with Crippen molar-refractivity contribution in [2.75, 3.05) is 0 Å². The fourth-order valence-electron chi connectivity index (χ4n) is 3.86. The van der Waals surface area contributed by atoms with Crippen molar-refractivity contribution in [3.8, 4) is 0 Å². The van der Waals surface area contributed by atoms with Crippen LogP contribution >= 0.6 is 0 Å². The lowest BCUT2D eigenvalue weighted by molar-refractivity contribution is -0.271. The fraction of sp³-hybridized carbons (Fsp3) is 0.600. The molecular formula is C20H28O3. The quantitative estimate of drug-likeness (QED) is 0.679. The lowest BCUT2D eigenvalue weighted by Crippen LogP contribution is -2.46. The van der Waals surface area contributed by atoms with Crippen molar-refractivity contribution in [3.63, 3.8) is 0 Å². The van der Waals surface area contributed by atoms with E-state index in [1.54, 1.807) is 0 Å². The molecule has 3 aliphatic rings. The SMILES string of the molecule is C=C1CCC=C(C)CCC2C3=CC=CC(C)(C)OC3OC(O)C12. The highest BCUT2D eigenvalue weighted by atomic mass is 16.7. The summed E-state index contributed by atoms with van der Waals surface area (Å²) in [5.74, 6) is 0.172. The second kappa shape index (κ2) is 6.39. The first-order chi connectivity index (χ1) is 10.9. The minimum absolute atomic E-state index is 0.0463. The fourth-order valence-corrected chi connectivity index (χ4v) is 3.86. The maximum atomic E-state index is 10.6. The molecule has 3 nitrogen and oxygen atoms in total. The number of aliphatic hydroxyl groups excluding tert-OH is 1. The summed E-state index contributed by atoms with van der Waals surface area (Å²) in [6.07, 6.45) is 11.1. The zero-order chi connectivity index (χ0) is 16.6. The number of allylic oxidation sites excluding steroid dienone is 4. The van der Waals surface area contributed by atoms with Gasteiger partial charge in [0.2, 0.25) is 0 Å². The highest BCUT2D eigenvalue weighted by Gasteiger charge is 2.44. The van der Waals surface area contributed by atoms with Crippen LogP contribution < -0.4 is 0 Å². The van der Waals surface area contributed by atoms with Gasteiger partial charge in [-0.2, -0.15) is 0 Å². The molecular weight excluding hydrogens is 288 g/mol. The van der Waals surface area contributed by atoms with Crippen molar-refractivity contribution < 1.29 is 14.6 Å². The Kier molecular flexibility index (Phi) is 4.63. The summed E-state index contributed by atoms with van der Waals surface area (Å²) in [5.41, 5.74) is 3.24. The first-order valence-electron chi connectivity index (χ1n) is 8.61. The van der Waals surface area contributed by atoms with Crippen LogP contribution in [0.5, 0.6) is 0 Å². The van der Waals surface area contributed by atoms with Gasteiger partial charge in [0.1, 0.15) is 0 Å². The zero-order valence-electron chi connectivity index (χ0n) is 14.4. The predicted octanol–water partition coefficient (Wildman–Crippen LogP) is 4.26. The maximum absolute atomic E-state index is 10.6. The van der Waals surface area contributed by atoms with Crippen molar-refractivity contribution >= 4 is 0 Å². The molecule has 0 spiro atoms. The van der Waals surface area contributed by atoms with E-state index in [2.05, 4.69) is 31.7 Å². The van der Waals surface area contributed by atoms with E-state index in [-0.39, 0.29) is 11.8 Å². The van der Waals surface area contributed by atoms with Crippen LogP contribution in [0.3, 0.4) is 0 Å². The molecule has 0 amide bonds. The third kappa shape index (κ3) is 3.52. The van der Waals surface area contributed by atoms with Crippen molar-refractivity contribution in [2.24, 2.45) is 11.8 Å². The molecule has 126 valence electrons. The van der Waals surface area contributed by atoms with Crippen LogP contribution in [0.2, 0.25) is 0 Å². The van der Waals surface area contributed by atoms with E-state index in [9.17, 15) is 5.11 Å². The number of hydrogen-bond acceptors (Lipinski definition) is 3. The average Bonchev–Trinajstić information content (AvgIpc) is 2.55. The van der Waals surface area contributed by atoms with Crippen LogP contribution in [0.25, 0.3) is 0 Å². The Morgan fingerprint density at radius 2 is 2.09 bits per heavy atom. The van der Waals surface area contributed by atoms with Gasteiger partial charge in [0.05, 0.1) is 5.60 Å². The minimum atomic E-state index is -0.845. The summed E-state index contributed by atoms with van der Waals surface area (Å²) in [4.78, 5) is 0. The Balaban J connectivity index is 1.94. The third-order valence-corrected chi connectivity index (χ3v) is 5.18. The molecule has 0 aromatic rings. The lowest BCUT2D eigenvalue weighted by atomic mass is 9.75. The summed E-state index contributed by atoms with van der Waals surface area (Å²) < 4.78 is 12.0. The molecule has 3 heteroatoms. The Bertz CT molecular complexity index is 567. The van der Waals surface area contributed by atoms with E-state index in [0.29, 0.717) is 0 Å². The molecule has 3 rings (SSSR count). The lowest BCUT2D eigenvalue weighted by Gasteiger charge is -2.43. The molecule has 1 saturated heterocycles. The molecule has 0 bridgehead atoms.